The quantitative estimate of drug-likeness (QED) is 0.739. The van der Waals surface area contributed by atoms with E-state index in [0.717, 1.165) is 5.56 Å². The largest absolute Gasteiger partial charge is 0.497 e. The number of hydrogen-bond acceptors (Lipinski definition) is 3. The number of methoxy groups -OCH3 is 2. The molecule has 1 aromatic carbocycles. The summed E-state index contributed by atoms with van der Waals surface area (Å²) in [6, 6.07) is 3.51. The van der Waals surface area contributed by atoms with E-state index in [2.05, 4.69) is 5.32 Å². The van der Waals surface area contributed by atoms with Crippen molar-refractivity contribution in [3.8, 4) is 11.5 Å². The minimum atomic E-state index is 0.560. The first-order chi connectivity index (χ1) is 6.72. The summed E-state index contributed by atoms with van der Waals surface area (Å²) in [5, 5.41) is 2.46. The van der Waals surface area contributed by atoms with Gasteiger partial charge in [0.15, 0.2) is 0 Å². The lowest BCUT2D eigenvalue weighted by Crippen LogP contribution is -2.00. The van der Waals surface area contributed by atoms with Crippen LogP contribution in [0.15, 0.2) is 12.1 Å². The maximum Gasteiger partial charge on any atom is 0.314 e. The molecule has 4 nitrogen and oxygen atoms in total. The summed E-state index contributed by atoms with van der Waals surface area (Å²) in [6.07, 6.45) is 1.62. The maximum absolute atomic E-state index is 10.2. The monoisotopic (exact) mass is 194 g/mol. The van der Waals surface area contributed by atoms with Gasteiger partial charge in [-0.2, -0.15) is 0 Å². The van der Waals surface area contributed by atoms with Gasteiger partial charge >= 0.3 is 6.41 Å². The molecule has 1 amide bonds. The van der Waals surface area contributed by atoms with Crippen LogP contribution in [-0.2, 0) is 4.79 Å². The normalized spacial score (nSPS) is 9.36. The molecule has 0 unspecified atom stereocenters. The van der Waals surface area contributed by atoms with Gasteiger partial charge in [-0.3, -0.25) is 4.79 Å². The summed E-state index contributed by atoms with van der Waals surface area (Å²) in [5.74, 6) is 1.25. The number of carbonyl (C=O) groups excluding carboxylic acids is 1. The summed E-state index contributed by atoms with van der Waals surface area (Å²) in [7, 11) is 3.11. The van der Waals surface area contributed by atoms with Gasteiger partial charge in [-0.25, -0.2) is 0 Å². The smallest absolute Gasteiger partial charge is 0.314 e. The number of anilines is 1. The fraction of sp³-hybridized carbons (Fsp3) is 0.300. The first-order valence-electron chi connectivity index (χ1n) is 4.08. The fourth-order valence-electron chi connectivity index (χ4n) is 1.21. The Labute approximate surface area is 82.8 Å². The number of amides is 1. The third kappa shape index (κ3) is 1.96. The highest BCUT2D eigenvalue weighted by molar-refractivity contribution is 5.79. The molecule has 0 aliphatic rings. The van der Waals surface area contributed by atoms with Gasteiger partial charge in [0.25, 0.3) is 0 Å². The fourth-order valence-corrected chi connectivity index (χ4v) is 1.21. The Balaban J connectivity index is 3.19. The van der Waals surface area contributed by atoms with Crippen LogP contribution in [0.5, 0.6) is 11.5 Å². The minimum Gasteiger partial charge on any atom is -0.497 e. The Kier molecular flexibility index (Phi) is 3.34. The molecule has 1 rings (SSSR count). The second-order valence-electron chi connectivity index (χ2n) is 2.75. The van der Waals surface area contributed by atoms with Crippen LogP contribution in [0, 0.1) is 6.92 Å². The first kappa shape index (κ1) is 10.4. The van der Waals surface area contributed by atoms with E-state index in [0.29, 0.717) is 17.2 Å². The second-order valence-corrected chi connectivity index (χ2v) is 2.75. The molecule has 0 heterocycles. The number of nitrogens with one attached hydrogen (secondary N) is 1. The second kappa shape index (κ2) is 4.50. The van der Waals surface area contributed by atoms with Crippen molar-refractivity contribution in [2.75, 3.05) is 19.5 Å². The highest BCUT2D eigenvalue weighted by Gasteiger charge is 2.08. The molecule has 0 saturated heterocycles. The molecule has 0 saturated carbocycles. The van der Waals surface area contributed by atoms with Crippen molar-refractivity contribution < 1.29 is 14.3 Å². The van der Waals surface area contributed by atoms with Crippen LogP contribution in [0.3, 0.4) is 0 Å². The van der Waals surface area contributed by atoms with Crippen molar-refractivity contribution >= 4 is 12.1 Å². The van der Waals surface area contributed by atoms with E-state index < -0.39 is 0 Å². The first-order valence-corrected chi connectivity index (χ1v) is 4.08. The van der Waals surface area contributed by atoms with Crippen molar-refractivity contribution in [3.05, 3.63) is 17.7 Å². The summed E-state index contributed by atoms with van der Waals surface area (Å²) in [5.41, 5.74) is 1.48. The molecule has 0 aliphatic carbocycles. The van der Waals surface area contributed by atoms with Crippen LogP contribution in [0.25, 0.3) is 0 Å². The van der Waals surface area contributed by atoms with Gasteiger partial charge in [0, 0.05) is 6.07 Å². The molecule has 0 aliphatic heterocycles. The zero-order valence-electron chi connectivity index (χ0n) is 8.38. The van der Waals surface area contributed by atoms with Crippen molar-refractivity contribution in [1.29, 1.82) is 0 Å². The Morgan fingerprint density at radius 2 is 2.00 bits per heavy atom. The highest BCUT2D eigenvalue weighted by atomic mass is 16.5. The molecular formula is C10H12NO3. The average Bonchev–Trinajstić information content (AvgIpc) is 2.20. The van der Waals surface area contributed by atoms with E-state index in [1.54, 1.807) is 19.6 Å². The Bertz CT molecular complexity index is 336. The molecule has 1 radical (unpaired) electrons. The van der Waals surface area contributed by atoms with Crippen LogP contribution in [0.1, 0.15) is 5.56 Å². The number of benzene rings is 1. The third-order valence-electron chi connectivity index (χ3n) is 1.90. The van der Waals surface area contributed by atoms with Crippen LogP contribution in [-0.4, -0.2) is 20.6 Å². The van der Waals surface area contributed by atoms with Gasteiger partial charge in [0.05, 0.1) is 19.9 Å². The number of aryl methyl sites for hydroxylation is 1. The van der Waals surface area contributed by atoms with Gasteiger partial charge in [0.1, 0.15) is 11.5 Å². The zero-order chi connectivity index (χ0) is 10.6. The van der Waals surface area contributed by atoms with Crippen LogP contribution >= 0.6 is 0 Å². The van der Waals surface area contributed by atoms with Crippen molar-refractivity contribution in [2.45, 2.75) is 6.92 Å². The summed E-state index contributed by atoms with van der Waals surface area (Å²) >= 11 is 0. The standard InChI is InChI=1S/C10H12NO3/c1-7-4-8(13-2)5-9(14-3)10(7)11-6-12/h4-5H,1-3H3,(H,11,12). The molecular weight excluding hydrogens is 182 g/mol. The van der Waals surface area contributed by atoms with Crippen molar-refractivity contribution in [3.63, 3.8) is 0 Å². The Hall–Kier alpha value is -1.71. The molecule has 0 atom stereocenters. The lowest BCUT2D eigenvalue weighted by Gasteiger charge is -2.11. The van der Waals surface area contributed by atoms with Crippen LogP contribution in [0.2, 0.25) is 0 Å². The van der Waals surface area contributed by atoms with E-state index in [-0.39, 0.29) is 0 Å². The van der Waals surface area contributed by atoms with Crippen molar-refractivity contribution in [2.24, 2.45) is 0 Å². The van der Waals surface area contributed by atoms with Gasteiger partial charge in [-0.15, -0.1) is 0 Å². The van der Waals surface area contributed by atoms with Gasteiger partial charge < -0.3 is 14.8 Å². The van der Waals surface area contributed by atoms with Crippen LogP contribution in [0.4, 0.5) is 5.69 Å². The SMILES string of the molecule is COc1cc(C)c(N[C]=O)c(OC)c1. The molecule has 4 heteroatoms. The van der Waals surface area contributed by atoms with Gasteiger partial charge in [-0.05, 0) is 18.6 Å². The maximum atomic E-state index is 10.2. The summed E-state index contributed by atoms with van der Waals surface area (Å²) < 4.78 is 10.2. The molecule has 75 valence electrons. The average molecular weight is 194 g/mol. The number of ether oxygens (including phenoxy) is 2. The van der Waals surface area contributed by atoms with E-state index in [1.165, 1.54) is 7.11 Å². The number of hydrogen-bond donors (Lipinski definition) is 1. The molecule has 0 fully saturated rings. The lowest BCUT2D eigenvalue weighted by atomic mass is 10.1. The summed E-state index contributed by atoms with van der Waals surface area (Å²) in [4.78, 5) is 10.2. The molecule has 0 bridgehead atoms. The van der Waals surface area contributed by atoms with E-state index in [4.69, 9.17) is 9.47 Å². The molecule has 1 N–H and O–H groups in total. The topological polar surface area (TPSA) is 47.6 Å². The Morgan fingerprint density at radius 1 is 1.29 bits per heavy atom. The Morgan fingerprint density at radius 3 is 2.50 bits per heavy atom. The predicted octanol–water partition coefficient (Wildman–Crippen LogP) is 1.49. The third-order valence-corrected chi connectivity index (χ3v) is 1.90. The van der Waals surface area contributed by atoms with E-state index in [1.807, 2.05) is 13.0 Å². The van der Waals surface area contributed by atoms with E-state index >= 15 is 0 Å². The van der Waals surface area contributed by atoms with E-state index in [9.17, 15) is 4.79 Å². The minimum absolute atomic E-state index is 0.560. The molecule has 0 aromatic heterocycles. The molecule has 1 aromatic rings. The van der Waals surface area contributed by atoms with Gasteiger partial charge in [-0.1, -0.05) is 0 Å². The van der Waals surface area contributed by atoms with Crippen LogP contribution < -0.4 is 14.8 Å². The van der Waals surface area contributed by atoms with Crippen molar-refractivity contribution in [1.82, 2.24) is 0 Å². The number of rotatable bonds is 4. The summed E-state index contributed by atoms with van der Waals surface area (Å²) in [6.45, 7) is 1.85. The van der Waals surface area contributed by atoms with Gasteiger partial charge in [0.2, 0.25) is 0 Å². The molecule has 0 spiro atoms. The predicted molar refractivity (Wildman–Crippen MR) is 53.6 cm³/mol. The highest BCUT2D eigenvalue weighted by Crippen LogP contribution is 2.32. The lowest BCUT2D eigenvalue weighted by molar-refractivity contribution is 0.395. The zero-order valence-corrected chi connectivity index (χ0v) is 8.38. The molecule has 14 heavy (non-hydrogen) atoms.